The van der Waals surface area contributed by atoms with E-state index in [1.165, 1.54) is 6.07 Å². The number of nitrogens with zero attached hydrogens (tertiary/aromatic N) is 1. The Kier molecular flexibility index (Phi) is 5.05. The highest BCUT2D eigenvalue weighted by Crippen LogP contribution is 2.25. The molecule has 0 aliphatic rings. The maximum absolute atomic E-state index is 12.1. The summed E-state index contributed by atoms with van der Waals surface area (Å²) in [5.74, 6) is -1.99. The van der Waals surface area contributed by atoms with Crippen molar-refractivity contribution >= 4 is 0 Å². The summed E-state index contributed by atoms with van der Waals surface area (Å²) in [5.41, 5.74) is -0.481. The highest BCUT2D eigenvalue weighted by Gasteiger charge is 2.39. The number of nitrogens with one attached hydrogen (secondary N) is 1. The first-order valence-corrected chi connectivity index (χ1v) is 4.51. The van der Waals surface area contributed by atoms with Gasteiger partial charge in [-0.2, -0.15) is 18.4 Å². The fraction of sp³-hybridized carbons (Fsp3) is 0.889. The van der Waals surface area contributed by atoms with Crippen LogP contribution in [0.1, 0.15) is 13.8 Å². The smallest absolute Gasteiger partial charge is 0.396 e. The molecule has 15 heavy (non-hydrogen) atoms. The first kappa shape index (κ1) is 14.2. The molecular weight excluding hydrogens is 209 g/mol. The zero-order valence-corrected chi connectivity index (χ0v) is 8.73. The van der Waals surface area contributed by atoms with Crippen LogP contribution in [0.15, 0.2) is 0 Å². The van der Waals surface area contributed by atoms with Crippen molar-refractivity contribution < 1.29 is 18.3 Å². The van der Waals surface area contributed by atoms with E-state index < -0.39 is 24.1 Å². The molecule has 1 unspecified atom stereocenters. The van der Waals surface area contributed by atoms with Gasteiger partial charge in [-0.1, -0.05) is 13.8 Å². The van der Waals surface area contributed by atoms with Crippen LogP contribution >= 0.6 is 0 Å². The van der Waals surface area contributed by atoms with Gasteiger partial charge in [-0.15, -0.1) is 0 Å². The van der Waals surface area contributed by atoms with E-state index in [1.807, 2.05) is 0 Å². The molecule has 88 valence electrons. The maximum Gasteiger partial charge on any atom is 0.405 e. The van der Waals surface area contributed by atoms with Crippen molar-refractivity contribution in [2.45, 2.75) is 20.0 Å². The number of hydrogen-bond acceptors (Lipinski definition) is 3. The zero-order chi connectivity index (χ0) is 12.1. The van der Waals surface area contributed by atoms with Crippen LogP contribution in [0.4, 0.5) is 13.2 Å². The average Bonchev–Trinajstić information content (AvgIpc) is 2.10. The summed E-state index contributed by atoms with van der Waals surface area (Å²) in [6, 6.07) is 1.20. The molecule has 0 bridgehead atoms. The molecular formula is C9H15F3N2O. The lowest BCUT2D eigenvalue weighted by Gasteiger charge is -2.23. The van der Waals surface area contributed by atoms with Crippen molar-refractivity contribution in [1.82, 2.24) is 5.32 Å². The Bertz CT molecular complexity index is 232. The molecule has 0 fully saturated rings. The lowest BCUT2D eigenvalue weighted by atomic mass is 9.95. The van der Waals surface area contributed by atoms with Gasteiger partial charge in [-0.05, 0) is 0 Å². The molecule has 0 aromatic heterocycles. The Labute approximate surface area is 86.9 Å². The highest BCUT2D eigenvalue weighted by molar-refractivity contribution is 4.90. The van der Waals surface area contributed by atoms with Gasteiger partial charge in [-0.25, -0.2) is 0 Å². The normalized spacial score (nSPS) is 14.7. The van der Waals surface area contributed by atoms with E-state index in [2.05, 4.69) is 5.32 Å². The molecule has 2 N–H and O–H groups in total. The topological polar surface area (TPSA) is 56.0 Å². The maximum atomic E-state index is 12.1. The molecule has 1 atom stereocenters. The number of nitriles is 1. The Morgan fingerprint density at radius 1 is 1.40 bits per heavy atom. The van der Waals surface area contributed by atoms with Gasteiger partial charge >= 0.3 is 6.18 Å². The molecule has 0 aromatic rings. The third-order valence-corrected chi connectivity index (χ3v) is 1.93. The summed E-state index contributed by atoms with van der Waals surface area (Å²) in [5, 5.41) is 19.7. The third-order valence-electron chi connectivity index (χ3n) is 1.93. The summed E-state index contributed by atoms with van der Waals surface area (Å²) in [6.07, 6.45) is -4.49. The van der Waals surface area contributed by atoms with Crippen LogP contribution in [-0.2, 0) is 0 Å². The molecule has 0 rings (SSSR count). The van der Waals surface area contributed by atoms with Gasteiger partial charge in [0.1, 0.15) is 0 Å². The first-order chi connectivity index (χ1) is 6.73. The molecule has 0 aliphatic heterocycles. The number of halogens is 3. The molecule has 0 radical (unpaired) electrons. The van der Waals surface area contributed by atoms with E-state index in [0.29, 0.717) is 0 Å². The quantitative estimate of drug-likeness (QED) is 0.740. The second kappa shape index (κ2) is 5.33. The van der Waals surface area contributed by atoms with Crippen LogP contribution in [0, 0.1) is 22.7 Å². The van der Waals surface area contributed by atoms with Gasteiger partial charge in [0.2, 0.25) is 0 Å². The summed E-state index contributed by atoms with van der Waals surface area (Å²) in [7, 11) is 0. The fourth-order valence-electron chi connectivity index (χ4n) is 0.845. The predicted octanol–water partition coefficient (Wildman–Crippen LogP) is 1.30. The van der Waals surface area contributed by atoms with Crippen LogP contribution in [-0.4, -0.2) is 31.0 Å². The molecule has 6 heteroatoms. The molecule has 0 aliphatic carbocycles. The number of aliphatic hydroxyl groups excluding tert-OH is 1. The Morgan fingerprint density at radius 2 is 1.93 bits per heavy atom. The van der Waals surface area contributed by atoms with E-state index in [0.717, 1.165) is 0 Å². The number of alkyl halides is 3. The van der Waals surface area contributed by atoms with Crippen molar-refractivity contribution in [3.63, 3.8) is 0 Å². The van der Waals surface area contributed by atoms with Crippen molar-refractivity contribution in [2.75, 3.05) is 19.7 Å². The van der Waals surface area contributed by atoms with Gasteiger partial charge < -0.3 is 10.4 Å². The molecule has 0 aromatic carbocycles. The molecule has 3 nitrogen and oxygen atoms in total. The first-order valence-electron chi connectivity index (χ1n) is 4.51. The van der Waals surface area contributed by atoms with Gasteiger partial charge in [-0.3, -0.25) is 0 Å². The van der Waals surface area contributed by atoms with Gasteiger partial charge in [0, 0.05) is 25.1 Å². The van der Waals surface area contributed by atoms with Crippen LogP contribution in [0.2, 0.25) is 0 Å². The molecule has 0 heterocycles. The third kappa shape index (κ3) is 5.60. The SMILES string of the molecule is CC(C)(CO)CNCC(C#N)C(F)(F)F. The number of rotatable bonds is 5. The number of aliphatic hydroxyl groups is 1. The van der Waals surface area contributed by atoms with E-state index >= 15 is 0 Å². The predicted molar refractivity (Wildman–Crippen MR) is 48.9 cm³/mol. The average molecular weight is 224 g/mol. The van der Waals surface area contributed by atoms with E-state index in [-0.39, 0.29) is 13.2 Å². The minimum absolute atomic E-state index is 0.122. The fourth-order valence-corrected chi connectivity index (χ4v) is 0.845. The monoisotopic (exact) mass is 224 g/mol. The van der Waals surface area contributed by atoms with Gasteiger partial charge in [0.15, 0.2) is 5.92 Å². The van der Waals surface area contributed by atoms with Crippen molar-refractivity contribution in [2.24, 2.45) is 11.3 Å². The van der Waals surface area contributed by atoms with Crippen molar-refractivity contribution in [3.05, 3.63) is 0 Å². The van der Waals surface area contributed by atoms with Crippen LogP contribution < -0.4 is 5.32 Å². The zero-order valence-electron chi connectivity index (χ0n) is 8.73. The molecule has 0 saturated carbocycles. The van der Waals surface area contributed by atoms with Crippen LogP contribution in [0.3, 0.4) is 0 Å². The summed E-state index contributed by atoms with van der Waals surface area (Å²) < 4.78 is 36.3. The highest BCUT2D eigenvalue weighted by atomic mass is 19.4. The van der Waals surface area contributed by atoms with E-state index in [9.17, 15) is 13.2 Å². The van der Waals surface area contributed by atoms with E-state index in [4.69, 9.17) is 10.4 Å². The lowest BCUT2D eigenvalue weighted by molar-refractivity contribution is -0.157. The molecule has 0 spiro atoms. The summed E-state index contributed by atoms with van der Waals surface area (Å²) in [4.78, 5) is 0. The van der Waals surface area contributed by atoms with Crippen LogP contribution in [0.5, 0.6) is 0 Å². The minimum atomic E-state index is -4.49. The Morgan fingerprint density at radius 3 is 2.27 bits per heavy atom. The largest absolute Gasteiger partial charge is 0.405 e. The van der Waals surface area contributed by atoms with Gasteiger partial charge in [0.05, 0.1) is 6.07 Å². The molecule has 0 saturated heterocycles. The Hall–Kier alpha value is -0.800. The number of hydrogen-bond donors (Lipinski definition) is 2. The van der Waals surface area contributed by atoms with Crippen LogP contribution in [0.25, 0.3) is 0 Å². The summed E-state index contributed by atoms with van der Waals surface area (Å²) in [6.45, 7) is 3.11. The molecule has 0 amide bonds. The van der Waals surface area contributed by atoms with Crippen molar-refractivity contribution in [1.29, 1.82) is 5.26 Å². The second-order valence-electron chi connectivity index (χ2n) is 4.18. The van der Waals surface area contributed by atoms with Crippen molar-refractivity contribution in [3.8, 4) is 6.07 Å². The summed E-state index contributed by atoms with van der Waals surface area (Å²) >= 11 is 0. The minimum Gasteiger partial charge on any atom is -0.396 e. The Balaban J connectivity index is 4.01. The lowest BCUT2D eigenvalue weighted by Crippen LogP contribution is -2.38. The van der Waals surface area contributed by atoms with Gasteiger partial charge in [0.25, 0.3) is 0 Å². The standard InChI is InChI=1S/C9H15F3N2O/c1-8(2,6-15)5-14-4-7(3-13)9(10,11)12/h7,14-15H,4-6H2,1-2H3. The second-order valence-corrected chi connectivity index (χ2v) is 4.18. The van der Waals surface area contributed by atoms with E-state index in [1.54, 1.807) is 13.8 Å².